The minimum Gasteiger partial charge on any atom is -0.326 e. The van der Waals surface area contributed by atoms with E-state index < -0.39 is 0 Å². The van der Waals surface area contributed by atoms with Crippen LogP contribution in [-0.4, -0.2) is 29.4 Å². The Bertz CT molecular complexity index is 663. The molecule has 1 aromatic carbocycles. The lowest BCUT2D eigenvalue weighted by atomic mass is 9.90. The third-order valence-electron chi connectivity index (χ3n) is 6.11. The Morgan fingerprint density at radius 3 is 2.30 bits per heavy atom. The molecule has 0 saturated carbocycles. The zero-order chi connectivity index (χ0) is 20.3. The molecule has 0 aromatic heterocycles. The van der Waals surface area contributed by atoms with Gasteiger partial charge in [-0.1, -0.05) is 27.7 Å². The molecule has 1 amide bonds. The number of carbonyl (C=O) groups excluding carboxylic acids is 1. The van der Waals surface area contributed by atoms with Crippen LogP contribution in [0.1, 0.15) is 76.6 Å². The highest BCUT2D eigenvalue weighted by molar-refractivity contribution is 6.00. The fraction of sp³-hybridized carbons (Fsp3) is 0.708. The van der Waals surface area contributed by atoms with Crippen molar-refractivity contribution in [3.63, 3.8) is 0 Å². The molecule has 0 radical (unpaired) electrons. The van der Waals surface area contributed by atoms with E-state index in [2.05, 4.69) is 71.7 Å². The Kier molecular flexibility index (Phi) is 7.50. The summed E-state index contributed by atoms with van der Waals surface area (Å²) in [5.74, 6) is 1.56. The maximum absolute atomic E-state index is 12.0. The second-order valence-corrected chi connectivity index (χ2v) is 9.50. The highest BCUT2D eigenvalue weighted by atomic mass is 16.1. The van der Waals surface area contributed by atoms with Gasteiger partial charge in [0, 0.05) is 17.8 Å². The molecule has 1 aromatic rings. The Labute approximate surface area is 166 Å². The maximum Gasteiger partial charge on any atom is 0.228 e. The standard InChI is InChI=1S/C24H40N2O/c1-15(2)9-10-26(18(6)11-16(3)4)19(7)13-21-20(8)17(5)12-23-22(21)14-24(27)25-23/h12,15-16,18-19H,9-11,13-14H2,1-8H3,(H,25,27). The van der Waals surface area contributed by atoms with Gasteiger partial charge in [-0.25, -0.2) is 0 Å². The van der Waals surface area contributed by atoms with E-state index in [1.54, 1.807) is 0 Å². The zero-order valence-corrected chi connectivity index (χ0v) is 18.8. The van der Waals surface area contributed by atoms with Crippen molar-refractivity contribution in [3.05, 3.63) is 28.3 Å². The van der Waals surface area contributed by atoms with Crippen LogP contribution >= 0.6 is 0 Å². The predicted octanol–water partition coefficient (Wildman–Crippen LogP) is 5.51. The molecule has 3 heteroatoms. The second-order valence-electron chi connectivity index (χ2n) is 9.50. The summed E-state index contributed by atoms with van der Waals surface area (Å²) >= 11 is 0. The van der Waals surface area contributed by atoms with Crippen molar-refractivity contribution in [2.75, 3.05) is 11.9 Å². The summed E-state index contributed by atoms with van der Waals surface area (Å²) < 4.78 is 0. The van der Waals surface area contributed by atoms with Gasteiger partial charge in [-0.2, -0.15) is 0 Å². The molecular formula is C24H40N2O. The third-order valence-corrected chi connectivity index (χ3v) is 6.11. The molecule has 1 heterocycles. The van der Waals surface area contributed by atoms with E-state index in [4.69, 9.17) is 0 Å². The summed E-state index contributed by atoms with van der Waals surface area (Å²) in [5.41, 5.74) is 6.30. The van der Waals surface area contributed by atoms with Crippen molar-refractivity contribution >= 4 is 11.6 Å². The van der Waals surface area contributed by atoms with Gasteiger partial charge in [0.15, 0.2) is 0 Å². The second kappa shape index (κ2) is 9.23. The predicted molar refractivity (Wildman–Crippen MR) is 116 cm³/mol. The summed E-state index contributed by atoms with van der Waals surface area (Å²) in [4.78, 5) is 14.7. The molecule has 0 spiro atoms. The number of benzene rings is 1. The maximum atomic E-state index is 12.0. The Balaban J connectivity index is 2.26. The van der Waals surface area contributed by atoms with E-state index in [0.717, 1.165) is 24.6 Å². The molecule has 0 fully saturated rings. The van der Waals surface area contributed by atoms with E-state index in [-0.39, 0.29) is 5.91 Å². The monoisotopic (exact) mass is 372 g/mol. The molecule has 2 unspecified atom stereocenters. The third kappa shape index (κ3) is 5.57. The van der Waals surface area contributed by atoms with Crippen LogP contribution < -0.4 is 5.32 Å². The van der Waals surface area contributed by atoms with Gasteiger partial charge < -0.3 is 5.32 Å². The molecule has 1 aliphatic heterocycles. The van der Waals surface area contributed by atoms with Gasteiger partial charge in [-0.3, -0.25) is 9.69 Å². The van der Waals surface area contributed by atoms with Gasteiger partial charge in [-0.15, -0.1) is 0 Å². The fourth-order valence-corrected chi connectivity index (χ4v) is 4.50. The number of nitrogens with zero attached hydrogens (tertiary/aromatic N) is 1. The number of rotatable bonds is 9. The van der Waals surface area contributed by atoms with Gasteiger partial charge in [-0.05, 0) is 93.7 Å². The first-order chi connectivity index (χ1) is 12.6. The van der Waals surface area contributed by atoms with Crippen molar-refractivity contribution in [2.45, 2.75) is 93.2 Å². The Hall–Kier alpha value is -1.35. The first-order valence-corrected chi connectivity index (χ1v) is 10.8. The number of amides is 1. The lowest BCUT2D eigenvalue weighted by Crippen LogP contribution is -2.43. The number of carbonyl (C=O) groups is 1. The van der Waals surface area contributed by atoms with Gasteiger partial charge >= 0.3 is 0 Å². The normalized spacial score (nSPS) is 16.2. The van der Waals surface area contributed by atoms with E-state index in [0.29, 0.717) is 24.4 Å². The molecule has 1 N–H and O–H groups in total. The van der Waals surface area contributed by atoms with Crippen LogP contribution in [0.15, 0.2) is 6.07 Å². The Morgan fingerprint density at radius 1 is 1.04 bits per heavy atom. The molecule has 0 saturated heterocycles. The number of nitrogens with one attached hydrogen (secondary N) is 1. The average Bonchev–Trinajstić information content (AvgIpc) is 2.90. The molecule has 0 bridgehead atoms. The fourth-order valence-electron chi connectivity index (χ4n) is 4.50. The van der Waals surface area contributed by atoms with Gasteiger partial charge in [0.1, 0.15) is 0 Å². The van der Waals surface area contributed by atoms with Crippen molar-refractivity contribution in [1.82, 2.24) is 4.90 Å². The van der Waals surface area contributed by atoms with Gasteiger partial charge in [0.05, 0.1) is 6.42 Å². The number of hydrogen-bond acceptors (Lipinski definition) is 2. The number of anilines is 1. The van der Waals surface area contributed by atoms with Crippen LogP contribution in [0.2, 0.25) is 0 Å². The largest absolute Gasteiger partial charge is 0.326 e. The number of fused-ring (bicyclic) bond motifs is 1. The summed E-state index contributed by atoms with van der Waals surface area (Å²) in [6.45, 7) is 19.5. The van der Waals surface area contributed by atoms with Crippen LogP contribution in [0, 0.1) is 25.7 Å². The summed E-state index contributed by atoms with van der Waals surface area (Å²) in [7, 11) is 0. The number of hydrogen-bond donors (Lipinski definition) is 1. The van der Waals surface area contributed by atoms with Gasteiger partial charge in [0.25, 0.3) is 0 Å². The smallest absolute Gasteiger partial charge is 0.228 e. The van der Waals surface area contributed by atoms with Crippen LogP contribution in [0.3, 0.4) is 0 Å². The van der Waals surface area contributed by atoms with E-state index in [1.165, 1.54) is 35.1 Å². The van der Waals surface area contributed by atoms with Crippen LogP contribution in [-0.2, 0) is 17.6 Å². The highest BCUT2D eigenvalue weighted by Crippen LogP contribution is 2.33. The molecule has 3 nitrogen and oxygen atoms in total. The molecule has 27 heavy (non-hydrogen) atoms. The lowest BCUT2D eigenvalue weighted by Gasteiger charge is -2.37. The molecular weight excluding hydrogens is 332 g/mol. The molecule has 2 rings (SSSR count). The van der Waals surface area contributed by atoms with E-state index in [9.17, 15) is 4.79 Å². The molecule has 1 aliphatic rings. The first kappa shape index (κ1) is 21.9. The minimum absolute atomic E-state index is 0.133. The number of aryl methyl sites for hydroxylation is 1. The van der Waals surface area contributed by atoms with Crippen molar-refractivity contribution in [1.29, 1.82) is 0 Å². The van der Waals surface area contributed by atoms with Crippen LogP contribution in [0.25, 0.3) is 0 Å². The van der Waals surface area contributed by atoms with Crippen LogP contribution in [0.5, 0.6) is 0 Å². The van der Waals surface area contributed by atoms with Crippen molar-refractivity contribution in [3.8, 4) is 0 Å². The quantitative estimate of drug-likeness (QED) is 0.620. The molecule has 2 atom stereocenters. The van der Waals surface area contributed by atoms with Crippen molar-refractivity contribution < 1.29 is 4.79 Å². The lowest BCUT2D eigenvalue weighted by molar-refractivity contribution is -0.115. The minimum atomic E-state index is 0.133. The summed E-state index contributed by atoms with van der Waals surface area (Å²) in [5, 5.41) is 3.04. The topological polar surface area (TPSA) is 32.3 Å². The van der Waals surface area contributed by atoms with Crippen LogP contribution in [0.4, 0.5) is 5.69 Å². The van der Waals surface area contributed by atoms with E-state index in [1.807, 2.05) is 0 Å². The highest BCUT2D eigenvalue weighted by Gasteiger charge is 2.27. The summed E-state index contributed by atoms with van der Waals surface area (Å²) in [6, 6.07) is 3.19. The molecule has 0 aliphatic carbocycles. The zero-order valence-electron chi connectivity index (χ0n) is 18.8. The molecule has 152 valence electrons. The SMILES string of the molecule is Cc1cc2c(c(CC(C)N(CCC(C)C)C(C)CC(C)C)c1C)CC(=O)N2. The van der Waals surface area contributed by atoms with Gasteiger partial charge in [0.2, 0.25) is 5.91 Å². The summed E-state index contributed by atoms with van der Waals surface area (Å²) in [6.07, 6.45) is 4.02. The average molecular weight is 373 g/mol. The Morgan fingerprint density at radius 2 is 1.70 bits per heavy atom. The van der Waals surface area contributed by atoms with E-state index >= 15 is 0 Å². The first-order valence-electron chi connectivity index (χ1n) is 10.8. The van der Waals surface area contributed by atoms with Crippen molar-refractivity contribution in [2.24, 2.45) is 11.8 Å².